The molecule has 5 aromatic rings. The second-order valence-electron chi connectivity index (χ2n) is 12.6. The average Bonchev–Trinajstić information content (AvgIpc) is 3.50. The lowest BCUT2D eigenvalue weighted by molar-refractivity contribution is -0.139. The third-order valence-corrected chi connectivity index (χ3v) is 9.37. The molecular formula is C45H40O12. The van der Waals surface area contributed by atoms with E-state index in [4.69, 9.17) is 37.9 Å². The molecule has 1 aliphatic rings. The topological polar surface area (TPSA) is 142 Å². The maximum atomic E-state index is 12.6. The Bertz CT molecular complexity index is 2290. The Balaban J connectivity index is 1.36. The first-order valence-electron chi connectivity index (χ1n) is 18.0. The number of fused-ring (bicyclic) bond motifs is 4. The van der Waals surface area contributed by atoms with E-state index in [0.29, 0.717) is 24.3 Å². The van der Waals surface area contributed by atoms with Gasteiger partial charge in [-0.15, -0.1) is 0 Å². The fourth-order valence-electron chi connectivity index (χ4n) is 6.83. The lowest BCUT2D eigenvalue weighted by atomic mass is 9.67. The molecule has 0 heterocycles. The van der Waals surface area contributed by atoms with E-state index in [9.17, 15) is 19.2 Å². The van der Waals surface area contributed by atoms with Crippen LogP contribution in [0.4, 0.5) is 9.59 Å². The van der Waals surface area contributed by atoms with E-state index in [1.54, 1.807) is 38.5 Å². The van der Waals surface area contributed by atoms with Crippen LogP contribution in [-0.2, 0) is 34.0 Å². The van der Waals surface area contributed by atoms with Crippen LogP contribution in [0.3, 0.4) is 0 Å². The number of hydrogen-bond donors (Lipinski definition) is 0. The third-order valence-electron chi connectivity index (χ3n) is 9.37. The number of rotatable bonds is 16. The van der Waals surface area contributed by atoms with Crippen LogP contribution in [0.15, 0.2) is 122 Å². The van der Waals surface area contributed by atoms with E-state index in [-0.39, 0.29) is 37.9 Å². The van der Waals surface area contributed by atoms with Gasteiger partial charge in [-0.25, -0.2) is 19.2 Å². The fraction of sp³-hybridized carbons (Fsp3) is 0.200. The van der Waals surface area contributed by atoms with Gasteiger partial charge in [0.1, 0.15) is 24.7 Å². The summed E-state index contributed by atoms with van der Waals surface area (Å²) in [5.41, 5.74) is 4.48. The third kappa shape index (κ3) is 8.60. The minimum atomic E-state index is -0.963. The molecule has 6 rings (SSSR count). The van der Waals surface area contributed by atoms with Crippen LogP contribution in [-0.4, -0.2) is 64.9 Å². The average molecular weight is 773 g/mol. The molecule has 1 aliphatic carbocycles. The van der Waals surface area contributed by atoms with Crippen molar-refractivity contribution in [2.75, 3.05) is 40.6 Å². The van der Waals surface area contributed by atoms with Crippen LogP contribution in [0.1, 0.15) is 35.1 Å². The zero-order chi connectivity index (χ0) is 40.4. The number of unbranched alkanes of at least 4 members (excludes halogenated alkanes) is 1. The largest absolute Gasteiger partial charge is 0.513 e. The zero-order valence-electron chi connectivity index (χ0n) is 31.4. The molecule has 1 atom stereocenters. The van der Waals surface area contributed by atoms with E-state index < -0.39 is 29.7 Å². The molecule has 0 fully saturated rings. The van der Waals surface area contributed by atoms with Crippen LogP contribution in [0.2, 0.25) is 0 Å². The maximum Gasteiger partial charge on any atom is 0.513 e. The van der Waals surface area contributed by atoms with Crippen LogP contribution in [0.25, 0.3) is 21.9 Å². The van der Waals surface area contributed by atoms with Crippen molar-refractivity contribution in [2.45, 2.75) is 18.3 Å². The van der Waals surface area contributed by atoms with Crippen molar-refractivity contribution in [1.82, 2.24) is 0 Å². The SMILES string of the molecule is C=CC(=O)OCCCCOC(=O)Oc1ccc(C2(c3ccc(OC(=O)OCCOC(=O)C=C)cc3)c3cc(OC)c(OC)cc3-c3cc4ccccc4cc32)cc1. The fourth-order valence-corrected chi connectivity index (χ4v) is 6.83. The summed E-state index contributed by atoms with van der Waals surface area (Å²) >= 11 is 0. The molecule has 0 radical (unpaired) electrons. The van der Waals surface area contributed by atoms with Crippen molar-refractivity contribution in [3.05, 3.63) is 145 Å². The standard InChI is InChI=1S/C45H40O12/c1-5-41(46)52-21-9-10-22-54-43(48)56-33-17-13-31(14-18-33)45(32-15-19-34(20-16-32)57-44(49)55-24-23-53-42(47)6-2)37-26-30-12-8-7-11-29(30)25-35(37)36-27-39(50-3)40(51-4)28-38(36)45/h5-8,11-20,25-28H,1-2,9-10,21-24H2,3-4H3. The van der Waals surface area contributed by atoms with Gasteiger partial charge >= 0.3 is 24.2 Å². The van der Waals surface area contributed by atoms with Crippen LogP contribution in [0, 0.1) is 0 Å². The Kier molecular flexibility index (Phi) is 12.5. The van der Waals surface area contributed by atoms with Crippen molar-refractivity contribution in [2.24, 2.45) is 0 Å². The molecule has 57 heavy (non-hydrogen) atoms. The van der Waals surface area contributed by atoms with E-state index in [2.05, 4.69) is 37.4 Å². The lowest BCUT2D eigenvalue weighted by Gasteiger charge is -2.34. The molecule has 0 bridgehead atoms. The monoisotopic (exact) mass is 772 g/mol. The number of methoxy groups -OCH3 is 2. The summed E-state index contributed by atoms with van der Waals surface area (Å²) in [4.78, 5) is 47.6. The first kappa shape index (κ1) is 39.6. The number of carbonyl (C=O) groups is 4. The Hall–Kier alpha value is -7.08. The summed E-state index contributed by atoms with van der Waals surface area (Å²) < 4.78 is 42.6. The first-order valence-corrected chi connectivity index (χ1v) is 18.0. The van der Waals surface area contributed by atoms with Gasteiger partial charge in [0.15, 0.2) is 11.5 Å². The van der Waals surface area contributed by atoms with Gasteiger partial charge < -0.3 is 37.9 Å². The molecule has 5 aromatic carbocycles. The summed E-state index contributed by atoms with van der Waals surface area (Å²) in [6, 6.07) is 30.7. The number of benzene rings is 5. The van der Waals surface area contributed by atoms with Crippen molar-refractivity contribution in [1.29, 1.82) is 0 Å². The van der Waals surface area contributed by atoms with Gasteiger partial charge in [-0.05, 0) is 106 Å². The van der Waals surface area contributed by atoms with E-state index >= 15 is 0 Å². The number of ether oxygens (including phenoxy) is 8. The second-order valence-corrected chi connectivity index (χ2v) is 12.6. The number of hydrogen-bond acceptors (Lipinski definition) is 12. The molecular weight excluding hydrogens is 732 g/mol. The highest BCUT2D eigenvalue weighted by Gasteiger charge is 2.47. The van der Waals surface area contributed by atoms with E-state index in [0.717, 1.165) is 56.3 Å². The summed E-state index contributed by atoms with van der Waals surface area (Å²) in [7, 11) is 3.18. The van der Waals surface area contributed by atoms with Crippen LogP contribution >= 0.6 is 0 Å². The van der Waals surface area contributed by atoms with Gasteiger partial charge in [0.05, 0.1) is 32.8 Å². The quantitative estimate of drug-likeness (QED) is 0.0306. The normalized spacial score (nSPS) is 13.6. The predicted molar refractivity (Wildman–Crippen MR) is 210 cm³/mol. The maximum absolute atomic E-state index is 12.6. The lowest BCUT2D eigenvalue weighted by Crippen LogP contribution is -2.28. The van der Waals surface area contributed by atoms with Crippen LogP contribution < -0.4 is 18.9 Å². The molecule has 1 unspecified atom stereocenters. The van der Waals surface area contributed by atoms with E-state index in [1.807, 2.05) is 48.5 Å². The smallest absolute Gasteiger partial charge is 0.493 e. The first-order chi connectivity index (χ1) is 27.7. The van der Waals surface area contributed by atoms with Crippen molar-refractivity contribution in [3.8, 4) is 34.1 Å². The van der Waals surface area contributed by atoms with Gasteiger partial charge in [0, 0.05) is 12.2 Å². The van der Waals surface area contributed by atoms with Crippen LogP contribution in [0.5, 0.6) is 23.0 Å². The van der Waals surface area contributed by atoms with Gasteiger partial charge in [-0.2, -0.15) is 0 Å². The Morgan fingerprint density at radius 1 is 0.544 bits per heavy atom. The highest BCUT2D eigenvalue weighted by molar-refractivity contribution is 5.96. The number of esters is 2. The molecule has 292 valence electrons. The number of carbonyl (C=O) groups excluding carboxylic acids is 4. The Morgan fingerprint density at radius 2 is 0.982 bits per heavy atom. The second kappa shape index (κ2) is 18.0. The molecule has 0 saturated heterocycles. The molecule has 0 saturated carbocycles. The van der Waals surface area contributed by atoms with Crippen molar-refractivity contribution in [3.63, 3.8) is 0 Å². The predicted octanol–water partition coefficient (Wildman–Crippen LogP) is 8.49. The molecule has 0 amide bonds. The zero-order valence-corrected chi connectivity index (χ0v) is 31.4. The summed E-state index contributed by atoms with van der Waals surface area (Å²) in [6.45, 7) is 6.61. The molecule has 12 heteroatoms. The molecule has 0 aliphatic heterocycles. The summed E-state index contributed by atoms with van der Waals surface area (Å²) in [5.74, 6) is 0.447. The van der Waals surface area contributed by atoms with Gasteiger partial charge in [-0.1, -0.05) is 61.7 Å². The van der Waals surface area contributed by atoms with Gasteiger partial charge in [0.2, 0.25) is 0 Å². The molecule has 0 spiro atoms. The minimum Gasteiger partial charge on any atom is -0.493 e. The van der Waals surface area contributed by atoms with Crippen molar-refractivity contribution < 1.29 is 57.1 Å². The van der Waals surface area contributed by atoms with Gasteiger partial charge in [0.25, 0.3) is 0 Å². The Labute approximate surface area is 329 Å². The van der Waals surface area contributed by atoms with Crippen molar-refractivity contribution >= 4 is 35.0 Å². The minimum absolute atomic E-state index is 0.0844. The molecule has 12 nitrogen and oxygen atoms in total. The summed E-state index contributed by atoms with van der Waals surface area (Å²) in [6.07, 6.45) is 1.25. The highest BCUT2D eigenvalue weighted by Crippen LogP contribution is 2.59. The van der Waals surface area contributed by atoms with E-state index in [1.165, 1.54) is 0 Å². The molecule has 0 aromatic heterocycles. The van der Waals surface area contributed by atoms with Gasteiger partial charge in [-0.3, -0.25) is 0 Å². The highest BCUT2D eigenvalue weighted by atomic mass is 16.7. The Morgan fingerprint density at radius 3 is 1.53 bits per heavy atom. The summed E-state index contributed by atoms with van der Waals surface area (Å²) in [5, 5.41) is 2.07. The molecule has 0 N–H and O–H groups in total.